The van der Waals surface area contributed by atoms with Crippen LogP contribution in [0.4, 0.5) is 9.59 Å². The van der Waals surface area contributed by atoms with Crippen LogP contribution < -0.4 is 0 Å². The number of hydrogen-bond donors (Lipinski definition) is 0. The summed E-state index contributed by atoms with van der Waals surface area (Å²) in [6.45, 7) is 13.3. The molecular weight excluding hydrogens is 488 g/mol. The summed E-state index contributed by atoms with van der Waals surface area (Å²) in [6.07, 6.45) is 2.71. The maximum Gasteiger partial charge on any atom is 0.333 e. The Bertz CT molecular complexity index is 1060. The first-order chi connectivity index (χ1) is 17.5. The quantitative estimate of drug-likeness (QED) is 0.457. The van der Waals surface area contributed by atoms with Crippen LogP contribution >= 0.6 is 0 Å². The lowest BCUT2D eigenvalue weighted by atomic mass is 9.61. The molecule has 8 amide bonds. The third-order valence-corrected chi connectivity index (χ3v) is 9.46. The Morgan fingerprint density at radius 3 is 1.58 bits per heavy atom. The smallest absolute Gasteiger partial charge is 0.273 e. The van der Waals surface area contributed by atoms with Crippen LogP contribution in [0.5, 0.6) is 0 Å². The van der Waals surface area contributed by atoms with Gasteiger partial charge in [-0.2, -0.15) is 0 Å². The van der Waals surface area contributed by atoms with Crippen molar-refractivity contribution in [1.82, 2.24) is 19.6 Å². The van der Waals surface area contributed by atoms with Crippen molar-refractivity contribution in [3.8, 4) is 0 Å². The normalized spacial score (nSPS) is 29.4. The van der Waals surface area contributed by atoms with E-state index in [0.717, 1.165) is 9.80 Å². The molecule has 0 bridgehead atoms. The van der Waals surface area contributed by atoms with Crippen LogP contribution in [0, 0.1) is 21.7 Å². The van der Waals surface area contributed by atoms with Gasteiger partial charge in [-0.25, -0.2) is 9.59 Å². The molecule has 0 aromatic heterocycles. The summed E-state index contributed by atoms with van der Waals surface area (Å²) in [4.78, 5) is 84.7. The number of carbonyl (C=O) groups is 6. The summed E-state index contributed by atoms with van der Waals surface area (Å²) in [6, 6.07) is -1.78. The number of hydrogen-bond acceptors (Lipinski definition) is 6. The number of rotatable bonds is 7. The standard InChI is InChI=1S/C28H44N4O6/c1-10-27(11-2)19(33)29(8)23(37)31(21(27)35)17-26(7)15-18(14-25(5,6)16-26)32-22(36)28(12-3,13-4)20(34)30(9)24(32)38/h18H,10-17H2,1-9H3. The van der Waals surface area contributed by atoms with Gasteiger partial charge in [0, 0.05) is 26.7 Å². The van der Waals surface area contributed by atoms with Crippen LogP contribution in [0.3, 0.4) is 0 Å². The predicted molar refractivity (Wildman–Crippen MR) is 140 cm³/mol. The Labute approximate surface area is 226 Å². The van der Waals surface area contributed by atoms with Crippen molar-refractivity contribution >= 4 is 35.7 Å². The zero-order valence-corrected chi connectivity index (χ0v) is 24.5. The predicted octanol–water partition coefficient (Wildman–Crippen LogP) is 4.03. The third-order valence-electron chi connectivity index (χ3n) is 9.46. The van der Waals surface area contributed by atoms with Crippen LogP contribution in [-0.4, -0.2) is 82.0 Å². The van der Waals surface area contributed by atoms with E-state index in [-0.39, 0.29) is 37.6 Å². The number of imide groups is 4. The minimum Gasteiger partial charge on any atom is -0.273 e. The maximum atomic E-state index is 13.8. The molecule has 3 rings (SSSR count). The molecule has 0 radical (unpaired) electrons. The molecule has 3 fully saturated rings. The maximum absolute atomic E-state index is 13.8. The number of amides is 8. The van der Waals surface area contributed by atoms with E-state index in [4.69, 9.17) is 0 Å². The van der Waals surface area contributed by atoms with Gasteiger partial charge in [0.2, 0.25) is 23.6 Å². The highest BCUT2D eigenvalue weighted by Crippen LogP contribution is 2.50. The van der Waals surface area contributed by atoms with Gasteiger partial charge in [0.25, 0.3) is 0 Å². The summed E-state index contributed by atoms with van der Waals surface area (Å²) in [5.41, 5.74) is -3.53. The van der Waals surface area contributed by atoms with E-state index in [1.165, 1.54) is 23.9 Å². The average Bonchev–Trinajstić information content (AvgIpc) is 2.85. The molecule has 212 valence electrons. The van der Waals surface area contributed by atoms with Gasteiger partial charge in [0.05, 0.1) is 0 Å². The molecule has 2 aliphatic heterocycles. The molecule has 0 spiro atoms. The molecule has 10 nitrogen and oxygen atoms in total. The van der Waals surface area contributed by atoms with Crippen molar-refractivity contribution in [2.75, 3.05) is 20.6 Å². The zero-order chi connectivity index (χ0) is 29.0. The van der Waals surface area contributed by atoms with Crippen LogP contribution in [0.15, 0.2) is 0 Å². The molecule has 1 saturated carbocycles. The Morgan fingerprint density at radius 2 is 1.11 bits per heavy atom. The lowest BCUT2D eigenvalue weighted by Crippen LogP contribution is -2.68. The number of barbiturate groups is 2. The van der Waals surface area contributed by atoms with Gasteiger partial charge in [-0.1, -0.05) is 48.5 Å². The molecule has 3 aliphatic rings. The lowest BCUT2D eigenvalue weighted by molar-refractivity contribution is -0.165. The van der Waals surface area contributed by atoms with E-state index in [2.05, 4.69) is 13.8 Å². The van der Waals surface area contributed by atoms with Gasteiger partial charge in [-0.3, -0.25) is 38.8 Å². The monoisotopic (exact) mass is 532 g/mol. The van der Waals surface area contributed by atoms with E-state index in [1.807, 2.05) is 6.92 Å². The second kappa shape index (κ2) is 9.75. The van der Waals surface area contributed by atoms with Gasteiger partial charge in [0.1, 0.15) is 10.8 Å². The Kier molecular flexibility index (Phi) is 7.64. The minimum absolute atomic E-state index is 0.0711. The van der Waals surface area contributed by atoms with Gasteiger partial charge in [-0.15, -0.1) is 0 Å². The summed E-state index contributed by atoms with van der Waals surface area (Å²) in [7, 11) is 2.83. The molecule has 2 unspecified atom stereocenters. The van der Waals surface area contributed by atoms with Gasteiger partial charge >= 0.3 is 12.1 Å². The summed E-state index contributed by atoms with van der Waals surface area (Å²) >= 11 is 0. The first-order valence-corrected chi connectivity index (χ1v) is 13.8. The Hall–Kier alpha value is -2.78. The summed E-state index contributed by atoms with van der Waals surface area (Å²) in [5, 5.41) is 0. The lowest BCUT2D eigenvalue weighted by Gasteiger charge is -2.53. The van der Waals surface area contributed by atoms with E-state index in [1.54, 1.807) is 27.7 Å². The fourth-order valence-electron chi connectivity index (χ4n) is 7.44. The topological polar surface area (TPSA) is 115 Å². The van der Waals surface area contributed by atoms with Crippen molar-refractivity contribution in [3.05, 3.63) is 0 Å². The van der Waals surface area contributed by atoms with Crippen molar-refractivity contribution in [2.45, 2.75) is 99.5 Å². The third kappa shape index (κ3) is 4.24. The molecule has 2 atom stereocenters. The van der Waals surface area contributed by atoms with E-state index >= 15 is 0 Å². The number of urea groups is 2. The van der Waals surface area contributed by atoms with E-state index in [0.29, 0.717) is 19.3 Å². The SMILES string of the molecule is CCC1(CC)C(=O)N(C)C(=O)N(CC2(C)CC(N3C(=O)N(C)C(=O)C(CC)(CC)C3=O)CC(C)(C)C2)C1=O. The molecule has 1 aliphatic carbocycles. The van der Waals surface area contributed by atoms with E-state index in [9.17, 15) is 28.8 Å². The van der Waals surface area contributed by atoms with Crippen LogP contribution in [0.2, 0.25) is 0 Å². The highest BCUT2D eigenvalue weighted by Gasteiger charge is 2.59. The second-order valence-electron chi connectivity index (χ2n) is 12.7. The van der Waals surface area contributed by atoms with Gasteiger partial charge in [-0.05, 0) is 55.8 Å². The fraction of sp³-hybridized carbons (Fsp3) is 0.786. The molecule has 2 heterocycles. The first-order valence-electron chi connectivity index (χ1n) is 13.8. The van der Waals surface area contributed by atoms with Crippen LogP contribution in [0.1, 0.15) is 93.4 Å². The molecule has 2 saturated heterocycles. The van der Waals surface area contributed by atoms with Crippen LogP contribution in [0.25, 0.3) is 0 Å². The summed E-state index contributed by atoms with van der Waals surface area (Å²) in [5.74, 6) is -1.90. The summed E-state index contributed by atoms with van der Waals surface area (Å²) < 4.78 is 0. The zero-order valence-electron chi connectivity index (χ0n) is 24.5. The number of nitrogens with zero attached hydrogens (tertiary/aromatic N) is 4. The molecule has 0 N–H and O–H groups in total. The largest absolute Gasteiger partial charge is 0.333 e. The minimum atomic E-state index is -1.29. The van der Waals surface area contributed by atoms with Crippen molar-refractivity contribution in [1.29, 1.82) is 0 Å². The van der Waals surface area contributed by atoms with Gasteiger partial charge in [0.15, 0.2) is 0 Å². The average molecular weight is 533 g/mol. The van der Waals surface area contributed by atoms with E-state index < -0.39 is 58.0 Å². The van der Waals surface area contributed by atoms with Crippen LogP contribution in [-0.2, 0) is 19.2 Å². The molecule has 0 aromatic rings. The van der Waals surface area contributed by atoms with Crippen molar-refractivity contribution < 1.29 is 28.8 Å². The highest BCUT2D eigenvalue weighted by atomic mass is 16.2. The Morgan fingerprint density at radius 1 is 0.658 bits per heavy atom. The molecular formula is C28H44N4O6. The second-order valence-corrected chi connectivity index (χ2v) is 12.7. The fourth-order valence-corrected chi connectivity index (χ4v) is 7.44. The molecule has 38 heavy (non-hydrogen) atoms. The first kappa shape index (κ1) is 29.8. The van der Waals surface area contributed by atoms with Crippen molar-refractivity contribution in [2.24, 2.45) is 21.7 Å². The Balaban J connectivity index is 2.01. The van der Waals surface area contributed by atoms with Crippen molar-refractivity contribution in [3.63, 3.8) is 0 Å². The highest BCUT2D eigenvalue weighted by molar-refractivity contribution is 6.19. The number of carbonyl (C=O) groups excluding carboxylic acids is 6. The molecule has 10 heteroatoms. The van der Waals surface area contributed by atoms with Gasteiger partial charge < -0.3 is 0 Å². The molecule has 0 aromatic carbocycles.